The average Bonchev–Trinajstić information content (AvgIpc) is 3.90. The molecule has 17 heteroatoms. The van der Waals surface area contributed by atoms with E-state index in [2.05, 4.69) is 68.2 Å². The minimum atomic E-state index is -0.515. The van der Waals surface area contributed by atoms with E-state index in [-0.39, 0.29) is 47.8 Å². The van der Waals surface area contributed by atoms with Gasteiger partial charge in [-0.1, -0.05) is 31.2 Å². The number of urea groups is 1. The van der Waals surface area contributed by atoms with Gasteiger partial charge in [0, 0.05) is 95.0 Å². The Balaban J connectivity index is 0.870. The molecule has 1 unspecified atom stereocenters. The topological polar surface area (TPSA) is 154 Å². The third-order valence-electron chi connectivity index (χ3n) is 14.3. The van der Waals surface area contributed by atoms with Crippen molar-refractivity contribution in [2.75, 3.05) is 72.5 Å². The van der Waals surface area contributed by atoms with Crippen LogP contribution in [0.4, 0.5) is 32.1 Å². The molecule has 10 rings (SSSR count). The highest BCUT2D eigenvalue weighted by Crippen LogP contribution is 2.40. The smallest absolute Gasteiger partial charge is 0.353 e. The number of carbonyl (C=O) groups is 3. The summed E-state index contributed by atoms with van der Waals surface area (Å²) < 4.78 is 23.8. The molecule has 0 aliphatic carbocycles. The molecule has 6 aromatic rings. The third kappa shape index (κ3) is 8.60. The van der Waals surface area contributed by atoms with Crippen molar-refractivity contribution in [3.05, 3.63) is 125 Å². The molecular formula is C52H56FN11O5. The van der Waals surface area contributed by atoms with Crippen LogP contribution >= 0.6 is 0 Å². The lowest BCUT2D eigenvalue weighted by atomic mass is 9.90. The summed E-state index contributed by atoms with van der Waals surface area (Å²) in [6.07, 6.45) is 8.26. The first kappa shape index (κ1) is 45.4. The Labute approximate surface area is 399 Å². The van der Waals surface area contributed by atoms with Gasteiger partial charge >= 0.3 is 17.7 Å². The van der Waals surface area contributed by atoms with Crippen molar-refractivity contribution in [2.24, 2.45) is 7.05 Å². The number of piperidine rings is 2. The molecule has 3 aromatic heterocycles. The van der Waals surface area contributed by atoms with Gasteiger partial charge in [-0.25, -0.2) is 28.2 Å². The van der Waals surface area contributed by atoms with Crippen LogP contribution in [0.5, 0.6) is 6.01 Å². The van der Waals surface area contributed by atoms with Crippen LogP contribution in [0.25, 0.3) is 27.9 Å². The van der Waals surface area contributed by atoms with Gasteiger partial charge in [0.05, 0.1) is 36.3 Å². The number of nitrogens with zero attached hydrogens (tertiary/aromatic N) is 10. The lowest BCUT2D eigenvalue weighted by Crippen LogP contribution is -2.57. The Morgan fingerprint density at radius 3 is 2.29 bits per heavy atom. The van der Waals surface area contributed by atoms with E-state index in [1.807, 2.05) is 42.5 Å². The molecule has 7 heterocycles. The predicted molar refractivity (Wildman–Crippen MR) is 263 cm³/mol. The van der Waals surface area contributed by atoms with E-state index in [9.17, 15) is 19.2 Å². The van der Waals surface area contributed by atoms with E-state index < -0.39 is 5.92 Å². The molecular weight excluding hydrogens is 878 g/mol. The molecule has 0 bridgehead atoms. The minimum absolute atomic E-state index is 0.151. The lowest BCUT2D eigenvalue weighted by Gasteiger charge is -2.46. The lowest BCUT2D eigenvalue weighted by molar-refractivity contribution is -0.134. The maximum absolute atomic E-state index is 15.5. The standard InChI is InChI=1S/C52H56FN11O5/c1-5-40-43(18-22-55-48(40)63-28-27-62(52(63)68)39-7-6-21-54-31-39)42-14-13-38(64-50(69-4)57-58(3)51(64)67)30-44(42)34-8-11-37(12-9-34)61-26-25-60(32-33(61)2)36-19-23-59(24-20-36)46-16-10-35(29-45(46)53)41-15-17-47(65)56-49(41)66/h6-14,16,18,21-22,29-31,33,36,41H,5,15,17,19-20,23-28,32H2,1-4H3,(H,56,65,66)/t33-,41?/m0/s1. The van der Waals surface area contributed by atoms with Gasteiger partial charge in [-0.15, -0.1) is 5.10 Å². The number of benzene rings is 3. The summed E-state index contributed by atoms with van der Waals surface area (Å²) in [7, 11) is 3.09. The van der Waals surface area contributed by atoms with E-state index in [0.29, 0.717) is 54.7 Å². The maximum Gasteiger partial charge on any atom is 0.353 e. The summed E-state index contributed by atoms with van der Waals surface area (Å²) in [5.74, 6) is -0.874. The van der Waals surface area contributed by atoms with Gasteiger partial charge in [-0.05, 0) is 115 Å². The fourth-order valence-corrected chi connectivity index (χ4v) is 10.8. The molecule has 4 amide bonds. The number of ether oxygens (including phenoxy) is 1. The van der Waals surface area contributed by atoms with Crippen LogP contribution in [0.3, 0.4) is 0 Å². The number of hydrogen-bond acceptors (Lipinski definition) is 11. The zero-order valence-corrected chi connectivity index (χ0v) is 39.3. The van der Waals surface area contributed by atoms with Gasteiger partial charge in [0.1, 0.15) is 11.6 Å². The van der Waals surface area contributed by atoms with E-state index in [1.165, 1.54) is 22.4 Å². The second-order valence-electron chi connectivity index (χ2n) is 18.3. The first-order valence-electron chi connectivity index (χ1n) is 23.8. The average molecular weight is 934 g/mol. The summed E-state index contributed by atoms with van der Waals surface area (Å²) in [4.78, 5) is 71.0. The number of rotatable bonds is 11. The van der Waals surface area contributed by atoms with Crippen LogP contribution in [0, 0.1) is 5.82 Å². The van der Waals surface area contributed by atoms with Gasteiger partial charge < -0.3 is 14.5 Å². The van der Waals surface area contributed by atoms with E-state index in [1.54, 1.807) is 41.5 Å². The van der Waals surface area contributed by atoms with Crippen molar-refractivity contribution in [2.45, 2.75) is 64.0 Å². The fourth-order valence-electron chi connectivity index (χ4n) is 10.8. The highest BCUT2D eigenvalue weighted by atomic mass is 19.1. The summed E-state index contributed by atoms with van der Waals surface area (Å²) in [6, 6.07) is 26.0. The van der Waals surface area contributed by atoms with Crippen LogP contribution < -0.4 is 35.3 Å². The zero-order valence-electron chi connectivity index (χ0n) is 39.3. The molecule has 0 radical (unpaired) electrons. The number of nitrogens with one attached hydrogen (secondary N) is 1. The van der Waals surface area contributed by atoms with Crippen LogP contribution in [0.2, 0.25) is 0 Å². The van der Waals surface area contributed by atoms with Gasteiger partial charge in [0.2, 0.25) is 11.8 Å². The number of pyridine rings is 2. The molecule has 2 atom stereocenters. The number of halogens is 1. The largest absolute Gasteiger partial charge is 0.467 e. The van der Waals surface area contributed by atoms with Gasteiger partial charge in [-0.3, -0.25) is 34.6 Å². The summed E-state index contributed by atoms with van der Waals surface area (Å²) in [5, 5.41) is 6.67. The number of methoxy groups -OCH3 is 1. The van der Waals surface area contributed by atoms with Crippen LogP contribution in [0.1, 0.15) is 56.6 Å². The highest BCUT2D eigenvalue weighted by Gasteiger charge is 2.35. The summed E-state index contributed by atoms with van der Waals surface area (Å²) >= 11 is 0. The summed E-state index contributed by atoms with van der Waals surface area (Å²) in [6.45, 7) is 9.47. The molecule has 356 valence electrons. The molecule has 16 nitrogen and oxygen atoms in total. The number of carbonyl (C=O) groups excluding carboxylic acids is 3. The monoisotopic (exact) mass is 933 g/mol. The second-order valence-corrected chi connectivity index (χ2v) is 18.3. The van der Waals surface area contributed by atoms with Crippen molar-refractivity contribution < 1.29 is 23.5 Å². The zero-order chi connectivity index (χ0) is 47.9. The van der Waals surface area contributed by atoms with Crippen LogP contribution in [-0.4, -0.2) is 112 Å². The predicted octanol–water partition coefficient (Wildman–Crippen LogP) is 6.55. The van der Waals surface area contributed by atoms with E-state index in [0.717, 1.165) is 84.8 Å². The Bertz CT molecular complexity index is 2970. The van der Waals surface area contributed by atoms with Crippen LogP contribution in [-0.2, 0) is 23.1 Å². The van der Waals surface area contributed by atoms with E-state index >= 15 is 4.39 Å². The van der Waals surface area contributed by atoms with Gasteiger partial charge in [0.25, 0.3) is 0 Å². The Kier molecular flexibility index (Phi) is 12.5. The van der Waals surface area contributed by atoms with Crippen molar-refractivity contribution >= 4 is 40.7 Å². The SMILES string of the molecule is CCc1c(-c2ccc(-n3c(OC)nn(C)c3=O)cc2-c2ccc(N3CCN(C4CCN(c5ccc(C6CCC(=O)NC6=O)cc5F)CC4)C[C@@H]3C)cc2)ccnc1N1CCN(c2cccnc2)C1=O. The fraction of sp³-hybridized carbons (Fsp3) is 0.365. The van der Waals surface area contributed by atoms with E-state index in [4.69, 9.17) is 9.72 Å². The summed E-state index contributed by atoms with van der Waals surface area (Å²) in [5.41, 5.74) is 7.93. The maximum atomic E-state index is 15.5. The Morgan fingerprint density at radius 2 is 1.58 bits per heavy atom. The molecule has 3 aromatic carbocycles. The number of aryl methyl sites for hydroxylation is 1. The molecule has 4 aliphatic rings. The van der Waals surface area contributed by atoms with Gasteiger partial charge in [-0.2, -0.15) is 0 Å². The molecule has 69 heavy (non-hydrogen) atoms. The minimum Gasteiger partial charge on any atom is -0.467 e. The first-order chi connectivity index (χ1) is 33.5. The second kappa shape index (κ2) is 18.9. The molecule has 0 spiro atoms. The molecule has 4 fully saturated rings. The van der Waals surface area contributed by atoms with Crippen molar-refractivity contribution in [3.8, 4) is 34.0 Å². The Morgan fingerprint density at radius 1 is 0.797 bits per heavy atom. The number of hydrogen-bond donors (Lipinski definition) is 1. The van der Waals surface area contributed by atoms with Crippen molar-refractivity contribution in [1.82, 2.24) is 34.5 Å². The number of piperazine rings is 1. The normalized spacial score (nSPS) is 19.4. The molecule has 1 N–H and O–H groups in total. The first-order valence-corrected chi connectivity index (χ1v) is 23.8. The quantitative estimate of drug-likeness (QED) is 0.141. The molecule has 4 aliphatic heterocycles. The molecule has 4 saturated heterocycles. The van der Waals surface area contributed by atoms with Crippen LogP contribution in [0.15, 0.2) is 102 Å². The van der Waals surface area contributed by atoms with Crippen molar-refractivity contribution in [1.29, 1.82) is 0 Å². The third-order valence-corrected chi connectivity index (χ3v) is 14.3. The number of aromatic nitrogens is 5. The Hall–Kier alpha value is -7.40. The van der Waals surface area contributed by atoms with Gasteiger partial charge in [0.15, 0.2) is 0 Å². The number of imide groups is 1. The number of anilines is 4. The highest BCUT2D eigenvalue weighted by molar-refractivity contribution is 6.06. The van der Waals surface area contributed by atoms with Crippen molar-refractivity contribution in [3.63, 3.8) is 0 Å². The number of amides is 4. The molecule has 0 saturated carbocycles.